The van der Waals surface area contributed by atoms with Gasteiger partial charge in [0.05, 0.1) is 18.9 Å². The average Bonchev–Trinajstić information content (AvgIpc) is 2.83. The van der Waals surface area contributed by atoms with Gasteiger partial charge in [-0.3, -0.25) is 0 Å². The molecule has 110 valence electrons. The van der Waals surface area contributed by atoms with E-state index >= 15 is 0 Å². The number of aliphatic hydroxyl groups is 1. The fourth-order valence-electron chi connectivity index (χ4n) is 2.14. The number of aliphatic hydroxyl groups excluding tert-OH is 1. The van der Waals surface area contributed by atoms with Crippen LogP contribution < -0.4 is 10.2 Å². The fraction of sp³-hybridized carbons (Fsp3) is 0.500. The molecule has 0 aliphatic heterocycles. The Morgan fingerprint density at radius 2 is 2.30 bits per heavy atom. The summed E-state index contributed by atoms with van der Waals surface area (Å²) in [5, 5.41) is 12.4. The number of likely N-dealkylation sites (N-methyl/N-ethyl adjacent to an activating group) is 1. The van der Waals surface area contributed by atoms with E-state index in [1.54, 1.807) is 7.11 Å². The number of nitrogens with zero attached hydrogens (tertiary/aromatic N) is 3. The lowest BCUT2D eigenvalue weighted by Gasteiger charge is -2.17. The fourth-order valence-corrected chi connectivity index (χ4v) is 2.14. The minimum atomic E-state index is 0.112. The first-order chi connectivity index (χ1) is 9.77. The van der Waals surface area contributed by atoms with Crippen molar-refractivity contribution in [1.29, 1.82) is 0 Å². The van der Waals surface area contributed by atoms with Crippen LogP contribution in [-0.4, -0.2) is 55.0 Å². The molecule has 6 nitrogen and oxygen atoms in total. The molecular weight excluding hydrogens is 256 g/mol. The Hall–Kier alpha value is -1.63. The van der Waals surface area contributed by atoms with E-state index in [2.05, 4.69) is 14.7 Å². The largest absolute Gasteiger partial charge is 0.395 e. The molecule has 0 aromatic carbocycles. The van der Waals surface area contributed by atoms with Gasteiger partial charge in [-0.2, -0.15) is 0 Å². The van der Waals surface area contributed by atoms with E-state index < -0.39 is 0 Å². The van der Waals surface area contributed by atoms with Gasteiger partial charge in [0.1, 0.15) is 5.65 Å². The van der Waals surface area contributed by atoms with Crippen LogP contribution in [-0.2, 0) is 11.3 Å². The zero-order valence-electron chi connectivity index (χ0n) is 12.0. The van der Waals surface area contributed by atoms with E-state index in [1.165, 1.54) is 0 Å². The third kappa shape index (κ3) is 3.27. The number of anilines is 1. The van der Waals surface area contributed by atoms with Crippen molar-refractivity contribution in [1.82, 2.24) is 14.7 Å². The van der Waals surface area contributed by atoms with Crippen LogP contribution in [0.2, 0.25) is 0 Å². The maximum absolute atomic E-state index is 9.10. The molecule has 0 bridgehead atoms. The van der Waals surface area contributed by atoms with Crippen LogP contribution >= 0.6 is 0 Å². The van der Waals surface area contributed by atoms with Gasteiger partial charge >= 0.3 is 0 Å². The third-order valence-corrected chi connectivity index (χ3v) is 3.18. The van der Waals surface area contributed by atoms with Crippen molar-refractivity contribution in [2.45, 2.75) is 6.54 Å². The highest BCUT2D eigenvalue weighted by atomic mass is 16.5. The summed E-state index contributed by atoms with van der Waals surface area (Å²) in [6, 6.07) is 5.94. The Bertz CT molecular complexity index is 541. The van der Waals surface area contributed by atoms with Crippen molar-refractivity contribution in [2.24, 2.45) is 0 Å². The molecular formula is C14H22N4O2. The molecule has 20 heavy (non-hydrogen) atoms. The summed E-state index contributed by atoms with van der Waals surface area (Å²) >= 11 is 0. The van der Waals surface area contributed by atoms with Crippen molar-refractivity contribution in [3.63, 3.8) is 0 Å². The minimum Gasteiger partial charge on any atom is -0.395 e. The number of nitrogens with one attached hydrogen (secondary N) is 1. The van der Waals surface area contributed by atoms with Gasteiger partial charge in [-0.25, -0.2) is 4.98 Å². The molecule has 0 aliphatic carbocycles. The highest BCUT2D eigenvalue weighted by molar-refractivity contribution is 5.55. The van der Waals surface area contributed by atoms with Crippen LogP contribution in [0.5, 0.6) is 0 Å². The van der Waals surface area contributed by atoms with E-state index in [9.17, 15) is 0 Å². The Labute approximate surface area is 119 Å². The van der Waals surface area contributed by atoms with Gasteiger partial charge in [0, 0.05) is 40.0 Å². The Kier molecular flexibility index (Phi) is 5.34. The molecule has 0 fully saturated rings. The molecule has 0 aliphatic rings. The summed E-state index contributed by atoms with van der Waals surface area (Å²) < 4.78 is 7.11. The number of fused-ring (bicyclic) bond motifs is 1. The molecule has 0 saturated carbocycles. The molecule has 2 aromatic heterocycles. The van der Waals surface area contributed by atoms with Gasteiger partial charge in [0.15, 0.2) is 5.82 Å². The highest BCUT2D eigenvalue weighted by Crippen LogP contribution is 2.20. The van der Waals surface area contributed by atoms with Crippen LogP contribution in [0, 0.1) is 0 Å². The lowest BCUT2D eigenvalue weighted by atomic mass is 10.3. The second kappa shape index (κ2) is 7.23. The second-order valence-corrected chi connectivity index (χ2v) is 4.63. The van der Waals surface area contributed by atoms with Crippen molar-refractivity contribution in [3.8, 4) is 0 Å². The number of rotatable bonds is 8. The van der Waals surface area contributed by atoms with Gasteiger partial charge in [-0.1, -0.05) is 6.07 Å². The van der Waals surface area contributed by atoms with E-state index in [0.29, 0.717) is 19.7 Å². The summed E-state index contributed by atoms with van der Waals surface area (Å²) in [4.78, 5) is 6.61. The summed E-state index contributed by atoms with van der Waals surface area (Å²) in [5.74, 6) is 0.898. The van der Waals surface area contributed by atoms with Gasteiger partial charge < -0.3 is 24.5 Å². The molecule has 0 amide bonds. The molecule has 2 N–H and O–H groups in total. The molecule has 0 unspecified atom stereocenters. The number of hydrogen-bond donors (Lipinski definition) is 2. The first kappa shape index (κ1) is 14.8. The first-order valence-electron chi connectivity index (χ1n) is 6.75. The maximum Gasteiger partial charge on any atom is 0.152 e. The van der Waals surface area contributed by atoms with Crippen LogP contribution in [0.25, 0.3) is 5.65 Å². The number of methoxy groups -OCH3 is 1. The molecule has 0 saturated heterocycles. The zero-order chi connectivity index (χ0) is 14.4. The van der Waals surface area contributed by atoms with Gasteiger partial charge in [0.2, 0.25) is 0 Å². The van der Waals surface area contributed by atoms with E-state index in [0.717, 1.165) is 23.7 Å². The number of aromatic nitrogens is 2. The van der Waals surface area contributed by atoms with Crippen molar-refractivity contribution >= 4 is 11.5 Å². The van der Waals surface area contributed by atoms with Crippen LogP contribution in [0.1, 0.15) is 5.69 Å². The van der Waals surface area contributed by atoms with E-state index in [4.69, 9.17) is 9.84 Å². The standard InChI is InChI=1S/C14H22N4O2/c1-17(8-9-19)14-12(11-15-6-10-20-2)18-7-4-3-5-13(18)16-14/h3-5,7,15,19H,6,8-11H2,1-2H3. The van der Waals surface area contributed by atoms with Crippen LogP contribution in [0.4, 0.5) is 5.82 Å². The monoisotopic (exact) mass is 278 g/mol. The number of imidazole rings is 1. The van der Waals surface area contributed by atoms with Crippen molar-refractivity contribution in [2.75, 3.05) is 45.4 Å². The van der Waals surface area contributed by atoms with Crippen LogP contribution in [0.15, 0.2) is 24.4 Å². The van der Waals surface area contributed by atoms with E-state index in [1.807, 2.05) is 36.3 Å². The smallest absolute Gasteiger partial charge is 0.152 e. The Morgan fingerprint density at radius 3 is 3.05 bits per heavy atom. The minimum absolute atomic E-state index is 0.112. The van der Waals surface area contributed by atoms with Crippen molar-refractivity contribution in [3.05, 3.63) is 30.1 Å². The van der Waals surface area contributed by atoms with Gasteiger partial charge in [-0.05, 0) is 12.1 Å². The topological polar surface area (TPSA) is 62.0 Å². The van der Waals surface area contributed by atoms with Crippen molar-refractivity contribution < 1.29 is 9.84 Å². The van der Waals surface area contributed by atoms with Gasteiger partial charge in [-0.15, -0.1) is 0 Å². The summed E-state index contributed by atoms with van der Waals surface area (Å²) in [6.07, 6.45) is 2.01. The normalized spacial score (nSPS) is 11.2. The first-order valence-corrected chi connectivity index (χ1v) is 6.75. The number of ether oxygens (including phenoxy) is 1. The molecule has 6 heteroatoms. The van der Waals surface area contributed by atoms with Gasteiger partial charge in [0.25, 0.3) is 0 Å². The predicted octanol–water partition coefficient (Wildman–Crippen LogP) is 0.499. The predicted molar refractivity (Wildman–Crippen MR) is 79.1 cm³/mol. The highest BCUT2D eigenvalue weighted by Gasteiger charge is 2.14. The average molecular weight is 278 g/mol. The molecule has 2 heterocycles. The summed E-state index contributed by atoms with van der Waals surface area (Å²) in [5.41, 5.74) is 2.00. The second-order valence-electron chi connectivity index (χ2n) is 4.63. The maximum atomic E-state index is 9.10. The lowest BCUT2D eigenvalue weighted by molar-refractivity contribution is 0.199. The number of pyridine rings is 1. The molecule has 2 rings (SSSR count). The molecule has 0 radical (unpaired) electrons. The van der Waals surface area contributed by atoms with Crippen LogP contribution in [0.3, 0.4) is 0 Å². The number of hydrogen-bond acceptors (Lipinski definition) is 5. The molecule has 2 aromatic rings. The zero-order valence-corrected chi connectivity index (χ0v) is 12.0. The molecule has 0 atom stereocenters. The van der Waals surface area contributed by atoms with E-state index in [-0.39, 0.29) is 6.61 Å². The summed E-state index contributed by atoms with van der Waals surface area (Å²) in [7, 11) is 3.63. The molecule has 0 spiro atoms. The SMILES string of the molecule is COCCNCc1c(N(C)CCO)nc2ccccn12. The quantitative estimate of drug-likeness (QED) is 0.689. The Balaban J connectivity index is 2.24. The summed E-state index contributed by atoms with van der Waals surface area (Å²) in [6.45, 7) is 2.85. The Morgan fingerprint density at radius 1 is 1.45 bits per heavy atom. The third-order valence-electron chi connectivity index (χ3n) is 3.18. The lowest BCUT2D eigenvalue weighted by Crippen LogP contribution is -2.25.